The fourth-order valence-electron chi connectivity index (χ4n) is 1.14. The molecule has 1 aromatic carbocycles. The normalized spacial score (nSPS) is 10.9. The lowest BCUT2D eigenvalue weighted by Crippen LogP contribution is -2.26. The predicted molar refractivity (Wildman–Crippen MR) is 65.2 cm³/mol. The van der Waals surface area contributed by atoms with Crippen molar-refractivity contribution in [3.8, 4) is 0 Å². The zero-order valence-corrected chi connectivity index (χ0v) is 10.5. The van der Waals surface area contributed by atoms with Gasteiger partial charge in [0.25, 0.3) is 0 Å². The van der Waals surface area contributed by atoms with Gasteiger partial charge in [0.15, 0.2) is 0 Å². The van der Waals surface area contributed by atoms with E-state index in [9.17, 15) is 13.2 Å². The number of nitrogens with one attached hydrogen (secondary N) is 3. The summed E-state index contributed by atoms with van der Waals surface area (Å²) in [6.07, 6.45) is 0. The highest BCUT2D eigenvalue weighted by Gasteiger charge is 2.10. The van der Waals surface area contributed by atoms with Crippen LogP contribution in [0, 0.1) is 0 Å². The van der Waals surface area contributed by atoms with Gasteiger partial charge >= 0.3 is 0 Å². The van der Waals surface area contributed by atoms with Crippen molar-refractivity contribution in [1.29, 1.82) is 0 Å². The lowest BCUT2D eigenvalue weighted by atomic mass is 10.3. The van der Waals surface area contributed by atoms with E-state index in [1.807, 2.05) is 0 Å². The molecule has 0 radical (unpaired) electrons. The molecule has 0 spiro atoms. The molecule has 7 heteroatoms. The van der Waals surface area contributed by atoms with Crippen LogP contribution in [-0.4, -0.2) is 35.0 Å². The first kappa shape index (κ1) is 13.5. The summed E-state index contributed by atoms with van der Waals surface area (Å²) in [6, 6.07) is 6.15. The molecule has 0 aromatic heterocycles. The van der Waals surface area contributed by atoms with E-state index in [2.05, 4.69) is 15.4 Å². The summed E-state index contributed by atoms with van der Waals surface area (Å²) in [5, 5.41) is 5.34. The highest BCUT2D eigenvalue weighted by atomic mass is 32.2. The highest BCUT2D eigenvalue weighted by molar-refractivity contribution is 7.89. The smallest absolute Gasteiger partial charge is 0.240 e. The number of hydrogen-bond donors (Lipinski definition) is 3. The topological polar surface area (TPSA) is 87.3 Å². The van der Waals surface area contributed by atoms with Gasteiger partial charge in [0, 0.05) is 12.7 Å². The van der Waals surface area contributed by atoms with E-state index >= 15 is 0 Å². The Hall–Kier alpha value is -1.60. The van der Waals surface area contributed by atoms with Crippen molar-refractivity contribution < 1.29 is 13.2 Å². The van der Waals surface area contributed by atoms with Crippen LogP contribution >= 0.6 is 0 Å². The van der Waals surface area contributed by atoms with Crippen molar-refractivity contribution >= 4 is 21.6 Å². The number of carbonyl (C=O) groups excluding carboxylic acids is 1. The second-order valence-electron chi connectivity index (χ2n) is 3.26. The van der Waals surface area contributed by atoms with Crippen LogP contribution in [0.1, 0.15) is 0 Å². The van der Waals surface area contributed by atoms with Crippen molar-refractivity contribution in [2.75, 3.05) is 26.0 Å². The van der Waals surface area contributed by atoms with Gasteiger partial charge in [-0.3, -0.25) is 4.79 Å². The molecule has 1 amide bonds. The van der Waals surface area contributed by atoms with E-state index in [1.165, 1.54) is 19.2 Å². The maximum atomic E-state index is 11.4. The van der Waals surface area contributed by atoms with Crippen molar-refractivity contribution in [3.05, 3.63) is 24.3 Å². The van der Waals surface area contributed by atoms with Crippen molar-refractivity contribution in [3.63, 3.8) is 0 Å². The van der Waals surface area contributed by atoms with E-state index in [1.54, 1.807) is 19.2 Å². The average molecular weight is 257 g/mol. The van der Waals surface area contributed by atoms with Gasteiger partial charge in [0.05, 0.1) is 11.4 Å². The third-order valence-corrected chi connectivity index (χ3v) is 3.60. The Morgan fingerprint density at radius 1 is 1.18 bits per heavy atom. The van der Waals surface area contributed by atoms with Gasteiger partial charge in [0.2, 0.25) is 15.9 Å². The molecule has 0 atom stereocenters. The van der Waals surface area contributed by atoms with Gasteiger partial charge < -0.3 is 10.6 Å². The molecule has 0 aliphatic carbocycles. The van der Waals surface area contributed by atoms with Crippen LogP contribution in [0.15, 0.2) is 29.2 Å². The number of rotatable bonds is 5. The molecule has 1 rings (SSSR count). The molecule has 0 aliphatic rings. The number of anilines is 1. The van der Waals surface area contributed by atoms with Crippen LogP contribution in [0.5, 0.6) is 0 Å². The molecule has 1 aromatic rings. The van der Waals surface area contributed by atoms with Crippen LogP contribution in [0.4, 0.5) is 5.69 Å². The summed E-state index contributed by atoms with van der Waals surface area (Å²) < 4.78 is 25.1. The van der Waals surface area contributed by atoms with E-state index in [0.29, 0.717) is 5.69 Å². The first-order valence-electron chi connectivity index (χ1n) is 4.97. The maximum absolute atomic E-state index is 11.4. The Labute approximate surface area is 100 Å². The standard InChI is InChI=1S/C10H15N3O3S/c1-11-10(14)7-13-8-3-5-9(6-4-8)17(15,16)12-2/h3-6,12-13H,7H2,1-2H3,(H,11,14). The summed E-state index contributed by atoms with van der Waals surface area (Å²) in [4.78, 5) is 11.2. The molecule has 0 saturated heterocycles. The minimum absolute atomic E-state index is 0.142. The molecule has 17 heavy (non-hydrogen) atoms. The molecular weight excluding hydrogens is 242 g/mol. The van der Waals surface area contributed by atoms with E-state index in [0.717, 1.165) is 0 Å². The Morgan fingerprint density at radius 2 is 1.76 bits per heavy atom. The zero-order valence-electron chi connectivity index (χ0n) is 9.65. The van der Waals surface area contributed by atoms with E-state index in [4.69, 9.17) is 0 Å². The summed E-state index contributed by atoms with van der Waals surface area (Å²) >= 11 is 0. The third kappa shape index (κ3) is 3.72. The van der Waals surface area contributed by atoms with E-state index < -0.39 is 10.0 Å². The largest absolute Gasteiger partial charge is 0.376 e. The van der Waals surface area contributed by atoms with Crippen molar-refractivity contribution in [2.24, 2.45) is 0 Å². The number of likely N-dealkylation sites (N-methyl/N-ethyl adjacent to an activating group) is 1. The maximum Gasteiger partial charge on any atom is 0.240 e. The van der Waals surface area contributed by atoms with Crippen LogP contribution < -0.4 is 15.4 Å². The number of hydrogen-bond acceptors (Lipinski definition) is 4. The second-order valence-corrected chi connectivity index (χ2v) is 5.15. The number of benzene rings is 1. The van der Waals surface area contributed by atoms with Gasteiger partial charge in [-0.25, -0.2) is 13.1 Å². The Bertz CT molecular complexity index is 482. The fraction of sp³-hybridized carbons (Fsp3) is 0.300. The van der Waals surface area contributed by atoms with Gasteiger partial charge in [-0.1, -0.05) is 0 Å². The number of sulfonamides is 1. The molecule has 0 aliphatic heterocycles. The first-order chi connectivity index (χ1) is 7.99. The van der Waals surface area contributed by atoms with Crippen molar-refractivity contribution in [1.82, 2.24) is 10.0 Å². The molecule has 0 heterocycles. The SMILES string of the molecule is CNC(=O)CNc1ccc(S(=O)(=O)NC)cc1. The van der Waals surface area contributed by atoms with Crippen LogP contribution in [-0.2, 0) is 14.8 Å². The van der Waals surface area contributed by atoms with Gasteiger partial charge in [-0.15, -0.1) is 0 Å². The highest BCUT2D eigenvalue weighted by Crippen LogP contribution is 2.13. The lowest BCUT2D eigenvalue weighted by molar-refractivity contribution is -0.118. The average Bonchev–Trinajstić information content (AvgIpc) is 2.36. The molecule has 0 unspecified atom stereocenters. The van der Waals surface area contributed by atoms with Crippen LogP contribution in [0.2, 0.25) is 0 Å². The molecular formula is C10H15N3O3S. The summed E-state index contributed by atoms with van der Waals surface area (Å²) in [5.41, 5.74) is 0.684. The molecule has 94 valence electrons. The molecule has 0 fully saturated rings. The molecule has 6 nitrogen and oxygen atoms in total. The van der Waals surface area contributed by atoms with Crippen LogP contribution in [0.25, 0.3) is 0 Å². The Balaban J connectivity index is 2.72. The monoisotopic (exact) mass is 257 g/mol. The summed E-state index contributed by atoms with van der Waals surface area (Å²) in [5.74, 6) is -0.142. The predicted octanol–water partition coefficient (Wildman–Crippen LogP) is -0.247. The van der Waals surface area contributed by atoms with Gasteiger partial charge in [-0.05, 0) is 31.3 Å². The Morgan fingerprint density at radius 3 is 2.24 bits per heavy atom. The van der Waals surface area contributed by atoms with Crippen LogP contribution in [0.3, 0.4) is 0 Å². The van der Waals surface area contributed by atoms with Crippen molar-refractivity contribution in [2.45, 2.75) is 4.90 Å². The fourth-order valence-corrected chi connectivity index (χ4v) is 1.87. The number of carbonyl (C=O) groups is 1. The Kier molecular flexibility index (Phi) is 4.47. The third-order valence-electron chi connectivity index (χ3n) is 2.17. The number of amides is 1. The van der Waals surface area contributed by atoms with E-state index in [-0.39, 0.29) is 17.3 Å². The minimum atomic E-state index is -3.41. The summed E-state index contributed by atoms with van der Waals surface area (Å²) in [7, 11) is -0.505. The van der Waals surface area contributed by atoms with Gasteiger partial charge in [-0.2, -0.15) is 0 Å². The minimum Gasteiger partial charge on any atom is -0.376 e. The molecule has 3 N–H and O–H groups in total. The first-order valence-corrected chi connectivity index (χ1v) is 6.46. The molecule has 0 bridgehead atoms. The quantitative estimate of drug-likeness (QED) is 0.679. The lowest BCUT2D eigenvalue weighted by Gasteiger charge is -2.06. The molecule has 0 saturated carbocycles. The second kappa shape index (κ2) is 5.65. The van der Waals surface area contributed by atoms with Gasteiger partial charge in [0.1, 0.15) is 0 Å². The summed E-state index contributed by atoms with van der Waals surface area (Å²) in [6.45, 7) is 0.147. The zero-order chi connectivity index (χ0) is 12.9.